The maximum absolute atomic E-state index is 17.2. The van der Waals surface area contributed by atoms with E-state index in [0.717, 1.165) is 16.1 Å². The maximum atomic E-state index is 17.2. The van der Waals surface area contributed by atoms with Crippen molar-refractivity contribution in [3.05, 3.63) is 126 Å². The van der Waals surface area contributed by atoms with Crippen LogP contribution in [0.15, 0.2) is 97.3 Å². The number of halogens is 1. The second-order valence-corrected chi connectivity index (χ2v) is 18.0. The standard InChI is InChI=1S/C39H46FN3O4Si/c1-26(2)42-47-38-34(37(44)30-20-19-27(3)41-22-30)21-31(36(35(38)40)43-23-28(4)46-29(5)24-43)25-45-48(39(6,7)8,32-15-11-9-12-16-32)33-17-13-10-14-18-33/h9-22,28-29,42H,1,23-25H2,2-8H3. The van der Waals surface area contributed by atoms with Gasteiger partial charge >= 0.3 is 0 Å². The first-order valence-corrected chi connectivity index (χ1v) is 18.3. The van der Waals surface area contributed by atoms with Gasteiger partial charge in [0, 0.05) is 41.8 Å². The number of pyridine rings is 1. The largest absolute Gasteiger partial charge is 0.403 e. The van der Waals surface area contributed by atoms with E-state index in [9.17, 15) is 4.79 Å². The van der Waals surface area contributed by atoms with Crippen LogP contribution in [0.2, 0.25) is 5.04 Å². The third-order valence-electron chi connectivity index (χ3n) is 8.62. The molecule has 7 nitrogen and oxygen atoms in total. The summed E-state index contributed by atoms with van der Waals surface area (Å²) in [6.45, 7) is 18.9. The predicted octanol–water partition coefficient (Wildman–Crippen LogP) is 6.87. The number of carbonyl (C=O) groups is 1. The van der Waals surface area contributed by atoms with Crippen molar-refractivity contribution in [3.63, 3.8) is 0 Å². The minimum absolute atomic E-state index is 0.0558. The van der Waals surface area contributed by atoms with E-state index in [0.29, 0.717) is 35.6 Å². The molecule has 3 aromatic carbocycles. The highest BCUT2D eigenvalue weighted by molar-refractivity contribution is 6.99. The number of ketones is 1. The summed E-state index contributed by atoms with van der Waals surface area (Å²) >= 11 is 0. The van der Waals surface area contributed by atoms with Gasteiger partial charge in [-0.25, -0.2) is 9.87 Å². The Balaban J connectivity index is 1.73. The molecule has 1 aromatic heterocycles. The Hall–Kier alpha value is -4.31. The van der Waals surface area contributed by atoms with E-state index in [-0.39, 0.29) is 35.2 Å². The van der Waals surface area contributed by atoms with Gasteiger partial charge in [-0.2, -0.15) is 0 Å². The van der Waals surface area contributed by atoms with E-state index < -0.39 is 19.9 Å². The van der Waals surface area contributed by atoms with Gasteiger partial charge in [0.1, 0.15) is 0 Å². The molecule has 0 aliphatic carbocycles. The lowest BCUT2D eigenvalue weighted by atomic mass is 9.98. The number of nitrogens with zero attached hydrogens (tertiary/aromatic N) is 2. The van der Waals surface area contributed by atoms with Gasteiger partial charge in [-0.1, -0.05) is 88.0 Å². The van der Waals surface area contributed by atoms with Gasteiger partial charge in [-0.15, -0.1) is 0 Å². The molecule has 4 aromatic rings. The number of anilines is 1. The van der Waals surface area contributed by atoms with Crippen LogP contribution >= 0.6 is 0 Å². The van der Waals surface area contributed by atoms with Gasteiger partial charge in [-0.3, -0.25) is 9.78 Å². The molecule has 1 saturated heterocycles. The Bertz CT molecular complexity index is 1690. The zero-order valence-corrected chi connectivity index (χ0v) is 30.0. The fourth-order valence-corrected chi connectivity index (χ4v) is 11.1. The minimum Gasteiger partial charge on any atom is -0.403 e. The summed E-state index contributed by atoms with van der Waals surface area (Å²) in [6, 6.07) is 25.8. The number of aromatic nitrogens is 1. The molecule has 1 N–H and O–H groups in total. The van der Waals surface area contributed by atoms with Crippen LogP contribution in [0.25, 0.3) is 0 Å². The lowest BCUT2D eigenvalue weighted by molar-refractivity contribution is -0.00554. The molecular weight excluding hydrogens is 622 g/mol. The number of benzene rings is 3. The number of allylic oxidation sites excluding steroid dienone is 1. The predicted molar refractivity (Wildman–Crippen MR) is 192 cm³/mol. The lowest BCUT2D eigenvalue weighted by Gasteiger charge is -2.43. The first-order valence-electron chi connectivity index (χ1n) is 16.4. The minimum atomic E-state index is -3.02. The number of carbonyl (C=O) groups excluding carboxylic acids is 1. The number of hydroxylamine groups is 1. The molecule has 0 saturated carbocycles. The van der Waals surface area contributed by atoms with Crippen molar-refractivity contribution >= 4 is 30.2 Å². The Morgan fingerprint density at radius 2 is 1.60 bits per heavy atom. The summed E-state index contributed by atoms with van der Waals surface area (Å²) in [7, 11) is -3.02. The summed E-state index contributed by atoms with van der Waals surface area (Å²) in [5, 5.41) is 1.90. The van der Waals surface area contributed by atoms with Crippen LogP contribution in [0.3, 0.4) is 0 Å². The van der Waals surface area contributed by atoms with Crippen molar-refractivity contribution in [2.45, 2.75) is 72.3 Å². The third kappa shape index (κ3) is 7.23. The van der Waals surface area contributed by atoms with Crippen LogP contribution in [-0.4, -0.2) is 44.4 Å². The fourth-order valence-electron chi connectivity index (χ4n) is 6.60. The smallest absolute Gasteiger partial charge is 0.261 e. The van der Waals surface area contributed by atoms with Crippen LogP contribution in [0, 0.1) is 12.7 Å². The SMILES string of the molecule is C=C(C)NOc1c(C(=O)c2ccc(C)nc2)cc(CO[Si](c2ccccc2)(c2ccccc2)C(C)(C)C)c(N2CC(C)OC(C)C2)c1F. The molecule has 5 rings (SSSR count). The van der Waals surface area contributed by atoms with Gasteiger partial charge in [0.25, 0.3) is 8.32 Å². The second kappa shape index (κ2) is 14.4. The number of hydrogen-bond acceptors (Lipinski definition) is 7. The Morgan fingerprint density at radius 1 is 1.02 bits per heavy atom. The molecule has 2 atom stereocenters. The van der Waals surface area contributed by atoms with Crippen LogP contribution in [0.5, 0.6) is 5.75 Å². The summed E-state index contributed by atoms with van der Waals surface area (Å²) in [5.74, 6) is -1.28. The molecule has 2 unspecified atom stereocenters. The van der Waals surface area contributed by atoms with Crippen LogP contribution < -0.4 is 25.6 Å². The van der Waals surface area contributed by atoms with E-state index in [1.807, 2.05) is 62.1 Å². The van der Waals surface area contributed by atoms with E-state index in [2.05, 4.69) is 62.1 Å². The van der Waals surface area contributed by atoms with Gasteiger partial charge in [0.2, 0.25) is 5.75 Å². The van der Waals surface area contributed by atoms with Crippen molar-refractivity contribution in [1.29, 1.82) is 0 Å². The van der Waals surface area contributed by atoms with Crippen molar-refractivity contribution in [2.24, 2.45) is 0 Å². The molecule has 48 heavy (non-hydrogen) atoms. The molecular formula is C39H46FN3O4Si. The van der Waals surface area contributed by atoms with Gasteiger partial charge in [0.05, 0.1) is 30.1 Å². The maximum Gasteiger partial charge on any atom is 0.261 e. The number of ether oxygens (including phenoxy) is 1. The molecule has 0 amide bonds. The van der Waals surface area contributed by atoms with E-state index in [1.54, 1.807) is 25.1 Å². The summed E-state index contributed by atoms with van der Waals surface area (Å²) in [5.41, 5.74) is 5.16. The van der Waals surface area contributed by atoms with Crippen molar-refractivity contribution < 1.29 is 23.2 Å². The highest BCUT2D eigenvalue weighted by atomic mass is 28.4. The van der Waals surface area contributed by atoms with Crippen LogP contribution in [0.1, 0.15) is 68.7 Å². The highest BCUT2D eigenvalue weighted by Crippen LogP contribution is 2.41. The first kappa shape index (κ1) is 35.0. The normalized spacial score (nSPS) is 16.8. The quantitative estimate of drug-likeness (QED) is 0.106. The molecule has 2 heterocycles. The highest BCUT2D eigenvalue weighted by Gasteiger charge is 2.50. The summed E-state index contributed by atoms with van der Waals surface area (Å²) < 4.78 is 30.6. The van der Waals surface area contributed by atoms with Crippen LogP contribution in [-0.2, 0) is 15.8 Å². The summed E-state index contributed by atoms with van der Waals surface area (Å²) in [6.07, 6.45) is 1.22. The van der Waals surface area contributed by atoms with Gasteiger partial charge in [-0.05, 0) is 61.3 Å². The second-order valence-electron chi connectivity index (χ2n) is 13.7. The average Bonchev–Trinajstić information content (AvgIpc) is 3.04. The van der Waals surface area contributed by atoms with Gasteiger partial charge in [0.15, 0.2) is 11.6 Å². The number of nitrogens with one attached hydrogen (secondary N) is 1. The number of morpholine rings is 1. The average molecular weight is 668 g/mol. The Labute approximate surface area is 284 Å². The number of hydrogen-bond donors (Lipinski definition) is 1. The lowest BCUT2D eigenvalue weighted by Crippen LogP contribution is -2.66. The van der Waals surface area contributed by atoms with Crippen molar-refractivity contribution in [2.75, 3.05) is 18.0 Å². The Morgan fingerprint density at radius 3 is 2.10 bits per heavy atom. The fraction of sp³-hybridized carbons (Fsp3) is 0.333. The van der Waals surface area contributed by atoms with E-state index in [4.69, 9.17) is 14.0 Å². The monoisotopic (exact) mass is 667 g/mol. The molecule has 0 bridgehead atoms. The topological polar surface area (TPSA) is 72.9 Å². The molecule has 0 radical (unpaired) electrons. The molecule has 9 heteroatoms. The van der Waals surface area contributed by atoms with Gasteiger partial charge < -0.3 is 18.9 Å². The van der Waals surface area contributed by atoms with Crippen molar-refractivity contribution in [3.8, 4) is 5.75 Å². The van der Waals surface area contributed by atoms with Crippen molar-refractivity contribution in [1.82, 2.24) is 10.5 Å². The first-order chi connectivity index (χ1) is 22.8. The number of aryl methyl sites for hydroxylation is 1. The third-order valence-corrected chi connectivity index (χ3v) is 13.6. The van der Waals surface area contributed by atoms with E-state index in [1.165, 1.54) is 6.20 Å². The molecule has 252 valence electrons. The Kier molecular flexibility index (Phi) is 10.5. The van der Waals surface area contributed by atoms with E-state index >= 15 is 4.39 Å². The molecule has 1 fully saturated rings. The molecule has 1 aliphatic heterocycles. The molecule has 1 aliphatic rings. The zero-order chi connectivity index (χ0) is 34.6. The number of rotatable bonds is 11. The zero-order valence-electron chi connectivity index (χ0n) is 29.0. The summed E-state index contributed by atoms with van der Waals surface area (Å²) in [4.78, 5) is 26.2. The van der Waals surface area contributed by atoms with Crippen LogP contribution in [0.4, 0.5) is 10.1 Å². The molecule has 0 spiro atoms.